The first-order valence-corrected chi connectivity index (χ1v) is 6.82. The molecule has 0 saturated heterocycles. The van der Waals surface area contributed by atoms with Crippen LogP contribution in [0.2, 0.25) is 0 Å². The van der Waals surface area contributed by atoms with Gasteiger partial charge in [0.2, 0.25) is 0 Å². The highest BCUT2D eigenvalue weighted by atomic mass is 15.0. The van der Waals surface area contributed by atoms with Crippen LogP contribution in [0, 0.1) is 16.7 Å². The number of hydrogen-bond acceptors (Lipinski definition) is 2. The van der Waals surface area contributed by atoms with Crippen LogP contribution in [-0.4, -0.2) is 12.6 Å². The van der Waals surface area contributed by atoms with E-state index in [2.05, 4.69) is 41.7 Å². The molecule has 1 N–H and O–H groups in total. The maximum Gasteiger partial charge on any atom is 0.0683 e. The van der Waals surface area contributed by atoms with E-state index in [0.717, 1.165) is 19.4 Å². The molecule has 2 unspecified atom stereocenters. The third-order valence-electron chi connectivity index (χ3n) is 3.71. The summed E-state index contributed by atoms with van der Waals surface area (Å²) < 4.78 is 0. The van der Waals surface area contributed by atoms with Gasteiger partial charge in [-0.1, -0.05) is 30.3 Å². The zero-order valence-corrected chi connectivity index (χ0v) is 11.3. The lowest BCUT2D eigenvalue weighted by Crippen LogP contribution is -2.21. The molecule has 1 fully saturated rings. The number of nitriles is 1. The van der Waals surface area contributed by atoms with Crippen LogP contribution in [0.5, 0.6) is 0 Å². The molecule has 2 atom stereocenters. The SMILES string of the molecule is CC(C)(C#N)CCCNC1CC1c1ccccc1. The molecule has 2 nitrogen and oxygen atoms in total. The van der Waals surface area contributed by atoms with Gasteiger partial charge in [-0.3, -0.25) is 0 Å². The summed E-state index contributed by atoms with van der Waals surface area (Å²) in [5, 5.41) is 12.5. The van der Waals surface area contributed by atoms with E-state index in [1.165, 1.54) is 12.0 Å². The zero-order valence-electron chi connectivity index (χ0n) is 11.3. The second-order valence-corrected chi connectivity index (χ2v) is 5.91. The van der Waals surface area contributed by atoms with Crippen LogP contribution in [0.4, 0.5) is 0 Å². The number of hydrogen-bond donors (Lipinski definition) is 1. The third-order valence-corrected chi connectivity index (χ3v) is 3.71. The summed E-state index contributed by atoms with van der Waals surface area (Å²) in [6.07, 6.45) is 3.31. The Bertz CT molecular complexity index is 416. The van der Waals surface area contributed by atoms with Gasteiger partial charge in [-0.2, -0.15) is 5.26 Å². The number of nitrogens with zero attached hydrogens (tertiary/aromatic N) is 1. The molecule has 2 rings (SSSR count). The van der Waals surface area contributed by atoms with Crippen molar-refractivity contribution in [1.29, 1.82) is 5.26 Å². The minimum atomic E-state index is -0.177. The predicted molar refractivity (Wildman–Crippen MR) is 74.2 cm³/mol. The van der Waals surface area contributed by atoms with Gasteiger partial charge in [0.05, 0.1) is 11.5 Å². The summed E-state index contributed by atoms with van der Waals surface area (Å²) in [7, 11) is 0. The molecule has 0 aromatic heterocycles. The second-order valence-electron chi connectivity index (χ2n) is 5.91. The summed E-state index contributed by atoms with van der Waals surface area (Å²) >= 11 is 0. The molecule has 18 heavy (non-hydrogen) atoms. The number of benzene rings is 1. The zero-order chi connectivity index (χ0) is 13.0. The Morgan fingerprint density at radius 1 is 1.33 bits per heavy atom. The molecule has 0 aliphatic heterocycles. The average molecular weight is 242 g/mol. The van der Waals surface area contributed by atoms with Crippen molar-refractivity contribution in [3.63, 3.8) is 0 Å². The molecule has 0 spiro atoms. The molecule has 1 aliphatic rings. The van der Waals surface area contributed by atoms with Crippen molar-refractivity contribution in [2.45, 2.75) is 45.1 Å². The van der Waals surface area contributed by atoms with Gasteiger partial charge in [0.25, 0.3) is 0 Å². The van der Waals surface area contributed by atoms with Crippen LogP contribution < -0.4 is 5.32 Å². The Kier molecular flexibility index (Phi) is 4.04. The van der Waals surface area contributed by atoms with Gasteiger partial charge < -0.3 is 5.32 Å². The highest BCUT2D eigenvalue weighted by molar-refractivity contribution is 5.27. The average Bonchev–Trinajstić information content (AvgIpc) is 3.15. The fourth-order valence-electron chi connectivity index (χ4n) is 2.36. The maximum atomic E-state index is 8.94. The Morgan fingerprint density at radius 2 is 2.06 bits per heavy atom. The minimum absolute atomic E-state index is 0.177. The lowest BCUT2D eigenvalue weighted by atomic mass is 9.90. The largest absolute Gasteiger partial charge is 0.313 e. The van der Waals surface area contributed by atoms with Crippen LogP contribution in [0.1, 0.15) is 44.6 Å². The molecule has 1 aromatic rings. The molecule has 0 bridgehead atoms. The highest BCUT2D eigenvalue weighted by Gasteiger charge is 2.37. The molecule has 1 aliphatic carbocycles. The third kappa shape index (κ3) is 3.58. The first-order chi connectivity index (χ1) is 8.62. The quantitative estimate of drug-likeness (QED) is 0.775. The molecule has 0 heterocycles. The van der Waals surface area contributed by atoms with Gasteiger partial charge in [-0.25, -0.2) is 0 Å². The Balaban J connectivity index is 1.65. The van der Waals surface area contributed by atoms with Crippen molar-refractivity contribution in [1.82, 2.24) is 5.32 Å². The summed E-state index contributed by atoms with van der Waals surface area (Å²) in [4.78, 5) is 0. The van der Waals surface area contributed by atoms with E-state index < -0.39 is 0 Å². The van der Waals surface area contributed by atoms with E-state index in [0.29, 0.717) is 12.0 Å². The normalized spacial score (nSPS) is 22.5. The van der Waals surface area contributed by atoms with Gasteiger partial charge in [-0.15, -0.1) is 0 Å². The Hall–Kier alpha value is -1.33. The molecule has 96 valence electrons. The minimum Gasteiger partial charge on any atom is -0.313 e. The van der Waals surface area contributed by atoms with Gasteiger partial charge in [-0.05, 0) is 45.2 Å². The van der Waals surface area contributed by atoms with Gasteiger partial charge in [0.15, 0.2) is 0 Å². The summed E-state index contributed by atoms with van der Waals surface area (Å²) in [6.45, 7) is 5.05. The topological polar surface area (TPSA) is 35.8 Å². The summed E-state index contributed by atoms with van der Waals surface area (Å²) in [5.74, 6) is 0.704. The molecule has 0 radical (unpaired) electrons. The molecule has 2 heteroatoms. The van der Waals surface area contributed by atoms with E-state index in [4.69, 9.17) is 5.26 Å². The van der Waals surface area contributed by atoms with Crippen LogP contribution in [0.15, 0.2) is 30.3 Å². The summed E-state index contributed by atoms with van der Waals surface area (Å²) in [5.41, 5.74) is 1.27. The highest BCUT2D eigenvalue weighted by Crippen LogP contribution is 2.40. The number of rotatable bonds is 6. The first-order valence-electron chi connectivity index (χ1n) is 6.82. The fraction of sp³-hybridized carbons (Fsp3) is 0.562. The Labute approximate surface area is 110 Å². The fourth-order valence-corrected chi connectivity index (χ4v) is 2.36. The van der Waals surface area contributed by atoms with E-state index in [1.54, 1.807) is 0 Å². The predicted octanol–water partition coefficient (Wildman–Crippen LogP) is 3.46. The smallest absolute Gasteiger partial charge is 0.0683 e. The van der Waals surface area contributed by atoms with E-state index >= 15 is 0 Å². The van der Waals surface area contributed by atoms with Crippen molar-refractivity contribution in [3.8, 4) is 6.07 Å². The molecule has 0 amide bonds. The van der Waals surface area contributed by atoms with Crippen molar-refractivity contribution >= 4 is 0 Å². The molecule has 1 saturated carbocycles. The molecular formula is C16H22N2. The van der Waals surface area contributed by atoms with Crippen LogP contribution in [0.3, 0.4) is 0 Å². The Morgan fingerprint density at radius 3 is 2.72 bits per heavy atom. The standard InChI is InChI=1S/C16H22N2/c1-16(2,12-17)9-6-10-18-15-11-14(15)13-7-4-3-5-8-13/h3-5,7-8,14-15,18H,6,9-11H2,1-2H3. The van der Waals surface area contributed by atoms with Crippen molar-refractivity contribution in [2.24, 2.45) is 5.41 Å². The maximum absolute atomic E-state index is 8.94. The lowest BCUT2D eigenvalue weighted by molar-refractivity contribution is 0.425. The van der Waals surface area contributed by atoms with Crippen molar-refractivity contribution < 1.29 is 0 Å². The number of nitrogens with one attached hydrogen (secondary N) is 1. The van der Waals surface area contributed by atoms with Crippen LogP contribution in [-0.2, 0) is 0 Å². The first kappa shape index (κ1) is 13.1. The van der Waals surface area contributed by atoms with Crippen LogP contribution >= 0.6 is 0 Å². The van der Waals surface area contributed by atoms with Crippen LogP contribution in [0.25, 0.3) is 0 Å². The van der Waals surface area contributed by atoms with Gasteiger partial charge in [0.1, 0.15) is 0 Å². The van der Waals surface area contributed by atoms with Gasteiger partial charge >= 0.3 is 0 Å². The van der Waals surface area contributed by atoms with E-state index in [-0.39, 0.29) is 5.41 Å². The molecular weight excluding hydrogens is 220 g/mol. The second kappa shape index (κ2) is 5.54. The lowest BCUT2D eigenvalue weighted by Gasteiger charge is -2.14. The monoisotopic (exact) mass is 242 g/mol. The molecule has 1 aromatic carbocycles. The van der Waals surface area contributed by atoms with E-state index in [1.807, 2.05) is 13.8 Å². The van der Waals surface area contributed by atoms with Crippen molar-refractivity contribution in [3.05, 3.63) is 35.9 Å². The summed E-state index contributed by atoms with van der Waals surface area (Å²) in [6, 6.07) is 13.7. The van der Waals surface area contributed by atoms with E-state index in [9.17, 15) is 0 Å². The van der Waals surface area contributed by atoms with Crippen molar-refractivity contribution in [2.75, 3.05) is 6.54 Å². The van der Waals surface area contributed by atoms with Gasteiger partial charge in [0, 0.05) is 12.0 Å².